The molecule has 0 radical (unpaired) electrons. The van der Waals surface area contributed by atoms with Crippen LogP contribution in [0.15, 0.2) is 6.07 Å². The molecule has 0 spiro atoms. The van der Waals surface area contributed by atoms with Crippen LogP contribution >= 0.6 is 11.3 Å². The van der Waals surface area contributed by atoms with E-state index in [1.165, 1.54) is 10.4 Å². The van der Waals surface area contributed by atoms with Gasteiger partial charge in [-0.1, -0.05) is 0 Å². The predicted molar refractivity (Wildman–Crippen MR) is 88.1 cm³/mol. The SMILES string of the molecule is CCOC(=O)c1cc2sc3c(c2[nH]1)CCN(C(=O)OCC)CC3. The second kappa shape index (κ2) is 6.62. The van der Waals surface area contributed by atoms with E-state index in [2.05, 4.69) is 4.98 Å². The highest BCUT2D eigenvalue weighted by Gasteiger charge is 2.24. The summed E-state index contributed by atoms with van der Waals surface area (Å²) in [4.78, 5) is 29.9. The van der Waals surface area contributed by atoms with Crippen LogP contribution in [0.3, 0.4) is 0 Å². The van der Waals surface area contributed by atoms with Crippen molar-refractivity contribution in [2.24, 2.45) is 0 Å². The molecule has 7 heteroatoms. The summed E-state index contributed by atoms with van der Waals surface area (Å²) < 4.78 is 11.2. The third kappa shape index (κ3) is 3.06. The second-order valence-corrected chi connectivity index (χ2v) is 6.47. The zero-order chi connectivity index (χ0) is 16.4. The van der Waals surface area contributed by atoms with Gasteiger partial charge in [-0.2, -0.15) is 0 Å². The van der Waals surface area contributed by atoms with Gasteiger partial charge in [-0.05, 0) is 38.3 Å². The number of rotatable bonds is 3. The van der Waals surface area contributed by atoms with Crippen molar-refractivity contribution in [3.63, 3.8) is 0 Å². The molecule has 0 saturated heterocycles. The fourth-order valence-electron chi connectivity index (χ4n) is 2.85. The number of thiophene rings is 1. The Hall–Kier alpha value is -2.02. The first-order valence-corrected chi connectivity index (χ1v) is 8.67. The largest absolute Gasteiger partial charge is 0.461 e. The molecule has 0 saturated carbocycles. The van der Waals surface area contributed by atoms with Crippen molar-refractivity contribution in [2.75, 3.05) is 26.3 Å². The fourth-order valence-corrected chi connectivity index (χ4v) is 4.09. The van der Waals surface area contributed by atoms with Crippen molar-refractivity contribution >= 4 is 33.6 Å². The highest BCUT2D eigenvalue weighted by atomic mass is 32.1. The Labute approximate surface area is 138 Å². The Balaban J connectivity index is 1.82. The number of aromatic amines is 1. The molecular weight excluding hydrogens is 316 g/mol. The maximum Gasteiger partial charge on any atom is 0.409 e. The standard InChI is InChI=1S/C16H20N2O4S/c1-3-21-15(19)11-9-13-14(17-11)10-5-7-18(16(20)22-4-2)8-6-12(10)23-13/h9,17H,3-8H2,1-2H3. The molecule has 0 aromatic carbocycles. The predicted octanol–water partition coefficient (Wildman–Crippen LogP) is 2.96. The summed E-state index contributed by atoms with van der Waals surface area (Å²) in [5.74, 6) is -0.327. The lowest BCUT2D eigenvalue weighted by molar-refractivity contribution is 0.0520. The summed E-state index contributed by atoms with van der Waals surface area (Å²) in [6.45, 7) is 5.65. The van der Waals surface area contributed by atoms with Gasteiger partial charge in [-0.25, -0.2) is 9.59 Å². The number of ether oxygens (including phenoxy) is 2. The Morgan fingerprint density at radius 2 is 1.96 bits per heavy atom. The zero-order valence-electron chi connectivity index (χ0n) is 13.3. The smallest absolute Gasteiger partial charge is 0.409 e. The van der Waals surface area contributed by atoms with Crippen molar-refractivity contribution in [2.45, 2.75) is 26.7 Å². The minimum Gasteiger partial charge on any atom is -0.461 e. The van der Waals surface area contributed by atoms with Crippen LogP contribution in [0.4, 0.5) is 4.79 Å². The van der Waals surface area contributed by atoms with Crippen molar-refractivity contribution in [1.29, 1.82) is 0 Å². The van der Waals surface area contributed by atoms with Gasteiger partial charge < -0.3 is 19.4 Å². The van der Waals surface area contributed by atoms with E-state index < -0.39 is 0 Å². The zero-order valence-corrected chi connectivity index (χ0v) is 14.1. The second-order valence-electron chi connectivity index (χ2n) is 5.33. The number of fused-ring (bicyclic) bond motifs is 3. The van der Waals surface area contributed by atoms with Gasteiger partial charge >= 0.3 is 12.1 Å². The number of nitrogens with zero attached hydrogens (tertiary/aromatic N) is 1. The van der Waals surface area contributed by atoms with Gasteiger partial charge in [0.1, 0.15) is 5.69 Å². The normalized spacial score (nSPS) is 14.4. The molecule has 1 aliphatic rings. The molecule has 3 heterocycles. The number of hydrogen-bond donors (Lipinski definition) is 1. The number of aromatic nitrogens is 1. The van der Waals surface area contributed by atoms with Crippen LogP contribution in [0.25, 0.3) is 10.2 Å². The molecule has 0 aliphatic carbocycles. The minimum atomic E-state index is -0.327. The van der Waals surface area contributed by atoms with Gasteiger partial charge in [0.25, 0.3) is 0 Å². The van der Waals surface area contributed by atoms with Crippen molar-refractivity contribution < 1.29 is 19.1 Å². The highest BCUT2D eigenvalue weighted by molar-refractivity contribution is 7.19. The Kier molecular flexibility index (Phi) is 4.56. The first-order valence-electron chi connectivity index (χ1n) is 7.86. The summed E-state index contributed by atoms with van der Waals surface area (Å²) >= 11 is 1.68. The number of nitrogens with one attached hydrogen (secondary N) is 1. The first kappa shape index (κ1) is 15.9. The number of amides is 1. The van der Waals surface area contributed by atoms with E-state index in [0.717, 1.165) is 23.1 Å². The summed E-state index contributed by atoms with van der Waals surface area (Å²) in [6, 6.07) is 1.86. The van der Waals surface area contributed by atoms with E-state index in [4.69, 9.17) is 9.47 Å². The molecule has 3 rings (SSSR count). The lowest BCUT2D eigenvalue weighted by Crippen LogP contribution is -2.33. The number of H-pyrrole nitrogens is 1. The molecule has 2 aromatic rings. The molecule has 0 atom stereocenters. The molecule has 124 valence electrons. The molecular formula is C16H20N2O4S. The van der Waals surface area contributed by atoms with Crippen molar-refractivity contribution in [3.8, 4) is 0 Å². The first-order chi connectivity index (χ1) is 11.1. The van der Waals surface area contributed by atoms with Gasteiger partial charge in [0.2, 0.25) is 0 Å². The lowest BCUT2D eigenvalue weighted by atomic mass is 10.1. The highest BCUT2D eigenvalue weighted by Crippen LogP contribution is 2.34. The maximum atomic E-state index is 11.9. The van der Waals surface area contributed by atoms with Crippen LogP contribution in [-0.4, -0.2) is 48.2 Å². The molecule has 6 nitrogen and oxygen atoms in total. The van der Waals surface area contributed by atoms with E-state index in [1.54, 1.807) is 23.2 Å². The summed E-state index contributed by atoms with van der Waals surface area (Å²) in [7, 11) is 0. The van der Waals surface area contributed by atoms with Crippen LogP contribution in [0.2, 0.25) is 0 Å². The van der Waals surface area contributed by atoms with Crippen LogP contribution < -0.4 is 0 Å². The van der Waals surface area contributed by atoms with E-state index in [-0.39, 0.29) is 12.1 Å². The van der Waals surface area contributed by atoms with E-state index >= 15 is 0 Å². The van der Waals surface area contributed by atoms with Crippen LogP contribution in [-0.2, 0) is 22.3 Å². The molecule has 1 aliphatic heterocycles. The van der Waals surface area contributed by atoms with Crippen molar-refractivity contribution in [1.82, 2.24) is 9.88 Å². The molecule has 23 heavy (non-hydrogen) atoms. The molecule has 0 unspecified atom stereocenters. The van der Waals surface area contributed by atoms with Gasteiger partial charge in [-0.15, -0.1) is 11.3 Å². The van der Waals surface area contributed by atoms with Crippen LogP contribution in [0.5, 0.6) is 0 Å². The Bertz CT molecular complexity index is 734. The number of carbonyl (C=O) groups excluding carboxylic acids is 2. The van der Waals surface area contributed by atoms with Crippen LogP contribution in [0, 0.1) is 0 Å². The third-order valence-corrected chi connectivity index (χ3v) is 5.15. The molecule has 0 bridgehead atoms. The maximum absolute atomic E-state index is 11.9. The summed E-state index contributed by atoms with van der Waals surface area (Å²) in [5, 5.41) is 0. The number of carbonyl (C=O) groups is 2. The summed E-state index contributed by atoms with van der Waals surface area (Å²) in [5.41, 5.74) is 2.69. The minimum absolute atomic E-state index is 0.252. The van der Waals surface area contributed by atoms with E-state index in [9.17, 15) is 9.59 Å². The molecule has 0 fully saturated rings. The molecule has 1 amide bonds. The fraction of sp³-hybridized carbons (Fsp3) is 0.500. The van der Waals surface area contributed by atoms with Crippen LogP contribution in [0.1, 0.15) is 34.8 Å². The Morgan fingerprint density at radius 1 is 1.22 bits per heavy atom. The lowest BCUT2D eigenvalue weighted by Gasteiger charge is -2.19. The average Bonchev–Trinajstić information content (AvgIpc) is 2.99. The van der Waals surface area contributed by atoms with Gasteiger partial charge in [0.05, 0.1) is 23.4 Å². The molecule has 2 aromatic heterocycles. The average molecular weight is 336 g/mol. The molecule has 1 N–H and O–H groups in total. The summed E-state index contributed by atoms with van der Waals surface area (Å²) in [6.07, 6.45) is 1.32. The Morgan fingerprint density at radius 3 is 2.70 bits per heavy atom. The number of esters is 1. The van der Waals surface area contributed by atoms with Gasteiger partial charge in [0.15, 0.2) is 0 Å². The van der Waals surface area contributed by atoms with Gasteiger partial charge in [0, 0.05) is 18.0 Å². The third-order valence-electron chi connectivity index (χ3n) is 3.91. The quantitative estimate of drug-likeness (QED) is 0.875. The monoisotopic (exact) mass is 336 g/mol. The van der Waals surface area contributed by atoms with Gasteiger partial charge in [-0.3, -0.25) is 0 Å². The van der Waals surface area contributed by atoms with E-state index in [1.807, 2.05) is 13.0 Å². The van der Waals surface area contributed by atoms with Crippen molar-refractivity contribution in [3.05, 3.63) is 22.2 Å². The van der Waals surface area contributed by atoms with E-state index in [0.29, 0.717) is 32.0 Å². The number of hydrogen-bond acceptors (Lipinski definition) is 5. The topological polar surface area (TPSA) is 71.6 Å².